The number of likely N-dealkylation sites (N-methyl/N-ethyl adjacent to an activating group) is 1. The van der Waals surface area contributed by atoms with E-state index in [-0.39, 0.29) is 42.0 Å². The number of anilines is 1. The van der Waals surface area contributed by atoms with E-state index in [1.165, 1.54) is 0 Å². The highest BCUT2D eigenvalue weighted by Gasteiger charge is 2.76. The molecule has 3 heterocycles. The number of carbonyl (C=O) groups is 3. The fraction of sp³-hybridized carbons (Fsp3) is 0.536. The van der Waals surface area contributed by atoms with Gasteiger partial charge in [0, 0.05) is 37.6 Å². The molecule has 1 aromatic rings. The quantitative estimate of drug-likeness (QED) is 0.516. The first-order chi connectivity index (χ1) is 17.1. The molecule has 1 N–H and O–H groups in total. The maximum Gasteiger partial charge on any atom is 0.251 e. The number of nitrogens with zero attached hydrogens (tertiary/aromatic N) is 3. The number of para-hydroxylation sites is 1. The fourth-order valence-corrected chi connectivity index (χ4v) is 9.18. The average molecular weight is 512 g/mol. The van der Waals surface area contributed by atoms with Gasteiger partial charge < -0.3 is 19.8 Å². The molecule has 1 spiro atoms. The van der Waals surface area contributed by atoms with E-state index >= 15 is 0 Å². The minimum absolute atomic E-state index is 0.0201. The predicted molar refractivity (Wildman–Crippen MR) is 144 cm³/mol. The average Bonchev–Trinajstić information content (AvgIpc) is 3.42. The number of aliphatic hydroxyl groups is 1. The SMILES string of the molecule is C=CCN(C)C(=O)[C@@H]1[C@@H]2CC(C)C3(S2)C(C(=O)N(CC=C)c2c(C)cccc2C)N(CCO)C(=O)[C@H]13. The summed E-state index contributed by atoms with van der Waals surface area (Å²) >= 11 is 1.65. The molecular formula is C28H37N3O4S. The highest BCUT2D eigenvalue weighted by Crippen LogP contribution is 2.68. The third-order valence-corrected chi connectivity index (χ3v) is 10.2. The smallest absolute Gasteiger partial charge is 0.251 e. The summed E-state index contributed by atoms with van der Waals surface area (Å²) in [7, 11) is 1.73. The highest BCUT2D eigenvalue weighted by atomic mass is 32.2. The van der Waals surface area contributed by atoms with E-state index in [1.807, 2.05) is 32.0 Å². The zero-order valence-corrected chi connectivity index (χ0v) is 22.5. The number of fused-ring (bicyclic) bond motifs is 1. The maximum absolute atomic E-state index is 14.5. The lowest BCUT2D eigenvalue weighted by Gasteiger charge is -2.41. The molecule has 7 nitrogen and oxygen atoms in total. The van der Waals surface area contributed by atoms with Gasteiger partial charge in [0.2, 0.25) is 11.8 Å². The molecule has 194 valence electrons. The van der Waals surface area contributed by atoms with Crippen LogP contribution in [0.1, 0.15) is 24.5 Å². The molecule has 1 aromatic carbocycles. The topological polar surface area (TPSA) is 81.2 Å². The van der Waals surface area contributed by atoms with E-state index < -0.39 is 22.6 Å². The summed E-state index contributed by atoms with van der Waals surface area (Å²) < 4.78 is -0.723. The molecular weight excluding hydrogens is 474 g/mol. The van der Waals surface area contributed by atoms with Crippen molar-refractivity contribution in [2.45, 2.75) is 43.2 Å². The number of likely N-dealkylation sites (tertiary alicyclic amines) is 1. The fourth-order valence-electron chi connectivity index (χ4n) is 6.77. The van der Waals surface area contributed by atoms with E-state index in [1.54, 1.807) is 45.7 Å². The standard InChI is InChI=1S/C28H37N3O4S/c1-7-12-29(6)25(33)21-20-16-19(5)28(36-20)22(21)26(34)31(14-15-32)24(28)27(35)30(13-8-2)23-17(3)10-9-11-18(23)4/h7-11,19-22,24,32H,1-2,12-16H2,3-6H3/t19?,20-,21+,22-,24?,28?/m0/s1. The van der Waals surface area contributed by atoms with Crippen molar-refractivity contribution in [2.75, 3.05) is 38.2 Å². The number of β-amino-alcohol motifs (C(OH)–C–C–N with tert-alkyl or cyclic N) is 1. The summed E-state index contributed by atoms with van der Waals surface area (Å²) in [4.78, 5) is 47.0. The minimum Gasteiger partial charge on any atom is -0.395 e. The molecule has 3 saturated heterocycles. The van der Waals surface area contributed by atoms with Gasteiger partial charge in [0.25, 0.3) is 5.91 Å². The third-order valence-electron chi connectivity index (χ3n) is 8.17. The van der Waals surface area contributed by atoms with Gasteiger partial charge in [-0.05, 0) is 37.3 Å². The van der Waals surface area contributed by atoms with E-state index in [0.29, 0.717) is 13.1 Å². The Morgan fingerprint density at radius 1 is 1.19 bits per heavy atom. The number of aliphatic hydroxyl groups excluding tert-OH is 1. The summed E-state index contributed by atoms with van der Waals surface area (Å²) in [5.41, 5.74) is 2.75. The van der Waals surface area contributed by atoms with Gasteiger partial charge in [-0.15, -0.1) is 24.9 Å². The van der Waals surface area contributed by atoms with Crippen molar-refractivity contribution in [1.82, 2.24) is 9.80 Å². The Balaban J connectivity index is 1.83. The third kappa shape index (κ3) is 3.80. The van der Waals surface area contributed by atoms with Crippen molar-refractivity contribution in [3.63, 3.8) is 0 Å². The second-order valence-corrected chi connectivity index (χ2v) is 11.8. The van der Waals surface area contributed by atoms with E-state index in [9.17, 15) is 19.5 Å². The first-order valence-electron chi connectivity index (χ1n) is 12.6. The number of thioether (sulfide) groups is 1. The monoisotopic (exact) mass is 511 g/mol. The molecule has 6 atom stereocenters. The number of amides is 3. The number of benzene rings is 1. The van der Waals surface area contributed by atoms with Gasteiger partial charge in [-0.1, -0.05) is 37.3 Å². The predicted octanol–water partition coefficient (Wildman–Crippen LogP) is 2.80. The molecule has 0 aliphatic carbocycles. The molecule has 3 unspecified atom stereocenters. The van der Waals surface area contributed by atoms with E-state index in [0.717, 1.165) is 23.2 Å². The van der Waals surface area contributed by atoms with Crippen LogP contribution in [-0.4, -0.2) is 82.0 Å². The molecule has 0 saturated carbocycles. The Morgan fingerprint density at radius 2 is 1.83 bits per heavy atom. The molecule has 3 amide bonds. The molecule has 3 fully saturated rings. The van der Waals surface area contributed by atoms with Crippen molar-refractivity contribution in [1.29, 1.82) is 0 Å². The Hall–Kier alpha value is -2.58. The molecule has 4 rings (SSSR count). The van der Waals surface area contributed by atoms with Crippen molar-refractivity contribution >= 4 is 35.2 Å². The van der Waals surface area contributed by atoms with Crippen molar-refractivity contribution in [3.05, 3.63) is 54.6 Å². The van der Waals surface area contributed by atoms with Gasteiger partial charge in [0.15, 0.2) is 0 Å². The van der Waals surface area contributed by atoms with Crippen LogP contribution in [0.3, 0.4) is 0 Å². The number of hydrogen-bond donors (Lipinski definition) is 1. The molecule has 3 aliphatic rings. The number of carbonyl (C=O) groups excluding carboxylic acids is 3. The lowest BCUT2D eigenvalue weighted by molar-refractivity contribution is -0.143. The van der Waals surface area contributed by atoms with Crippen LogP contribution in [0.25, 0.3) is 0 Å². The Bertz CT molecular complexity index is 1070. The Kier molecular flexibility index (Phi) is 7.40. The summed E-state index contributed by atoms with van der Waals surface area (Å²) in [6.07, 6.45) is 4.15. The zero-order valence-electron chi connectivity index (χ0n) is 21.6. The lowest BCUT2D eigenvalue weighted by atomic mass is 9.65. The van der Waals surface area contributed by atoms with Gasteiger partial charge >= 0.3 is 0 Å². The Morgan fingerprint density at radius 3 is 2.42 bits per heavy atom. The summed E-state index contributed by atoms with van der Waals surface area (Å²) in [6.45, 7) is 14.2. The molecule has 3 aliphatic heterocycles. The second kappa shape index (κ2) is 10.1. The van der Waals surface area contributed by atoms with Crippen LogP contribution >= 0.6 is 11.8 Å². The van der Waals surface area contributed by atoms with Gasteiger partial charge in [-0.25, -0.2) is 0 Å². The van der Waals surface area contributed by atoms with Gasteiger partial charge in [0.05, 0.1) is 23.2 Å². The van der Waals surface area contributed by atoms with Crippen LogP contribution < -0.4 is 4.90 Å². The van der Waals surface area contributed by atoms with Crippen LogP contribution in [0.2, 0.25) is 0 Å². The molecule has 8 heteroatoms. The van der Waals surface area contributed by atoms with E-state index in [4.69, 9.17) is 0 Å². The molecule has 0 aromatic heterocycles. The van der Waals surface area contributed by atoms with Gasteiger partial charge in [-0.2, -0.15) is 0 Å². The lowest BCUT2D eigenvalue weighted by Crippen LogP contribution is -2.58. The zero-order chi connectivity index (χ0) is 26.4. The first kappa shape index (κ1) is 26.5. The van der Waals surface area contributed by atoms with Gasteiger partial charge in [0.1, 0.15) is 6.04 Å². The van der Waals surface area contributed by atoms with Crippen LogP contribution in [-0.2, 0) is 14.4 Å². The maximum atomic E-state index is 14.5. The minimum atomic E-state index is -0.770. The Labute approximate surface area is 218 Å². The normalized spacial score (nSPS) is 30.3. The summed E-state index contributed by atoms with van der Waals surface area (Å²) in [5, 5.41) is 9.87. The highest BCUT2D eigenvalue weighted by molar-refractivity contribution is 8.02. The van der Waals surface area contributed by atoms with Crippen molar-refractivity contribution in [3.8, 4) is 0 Å². The molecule has 2 bridgehead atoms. The summed E-state index contributed by atoms with van der Waals surface area (Å²) in [5.74, 6) is -1.47. The summed E-state index contributed by atoms with van der Waals surface area (Å²) in [6, 6.07) is 5.14. The number of rotatable bonds is 9. The van der Waals surface area contributed by atoms with Crippen LogP contribution in [0.15, 0.2) is 43.5 Å². The van der Waals surface area contributed by atoms with Crippen molar-refractivity contribution < 1.29 is 19.5 Å². The van der Waals surface area contributed by atoms with E-state index in [2.05, 4.69) is 20.1 Å². The molecule has 36 heavy (non-hydrogen) atoms. The largest absolute Gasteiger partial charge is 0.395 e. The molecule has 0 radical (unpaired) electrons. The second-order valence-electron chi connectivity index (χ2n) is 10.3. The van der Waals surface area contributed by atoms with Crippen LogP contribution in [0, 0.1) is 31.6 Å². The van der Waals surface area contributed by atoms with Crippen LogP contribution in [0.5, 0.6) is 0 Å². The number of aryl methyl sites for hydroxylation is 2. The van der Waals surface area contributed by atoms with Crippen molar-refractivity contribution in [2.24, 2.45) is 17.8 Å². The van der Waals surface area contributed by atoms with Crippen LogP contribution in [0.4, 0.5) is 5.69 Å². The van der Waals surface area contributed by atoms with Gasteiger partial charge in [-0.3, -0.25) is 14.4 Å². The first-order valence-corrected chi connectivity index (χ1v) is 13.5. The number of hydrogen-bond acceptors (Lipinski definition) is 5.